The normalized spacial score (nSPS) is 13.7. The first-order chi connectivity index (χ1) is 11.2. The number of aryl methyl sites for hydroxylation is 3. The van der Waals surface area contributed by atoms with E-state index in [9.17, 15) is 4.79 Å². The van der Waals surface area contributed by atoms with E-state index in [1.807, 2.05) is 24.3 Å². The summed E-state index contributed by atoms with van der Waals surface area (Å²) in [4.78, 5) is 20.4. The maximum Gasteiger partial charge on any atom is 0.267 e. The summed E-state index contributed by atoms with van der Waals surface area (Å²) >= 11 is 3.34. The molecule has 0 N–H and O–H groups in total. The molecule has 0 unspecified atom stereocenters. The Bertz CT molecular complexity index is 938. The Morgan fingerprint density at radius 2 is 2.04 bits per heavy atom. The first-order valence-corrected chi connectivity index (χ1v) is 9.76. The molecule has 23 heavy (non-hydrogen) atoms. The lowest BCUT2D eigenvalue weighted by molar-refractivity contribution is 0.820. The second kappa shape index (κ2) is 5.80. The van der Waals surface area contributed by atoms with Crippen LogP contribution in [0.5, 0.6) is 0 Å². The molecule has 5 heteroatoms. The van der Waals surface area contributed by atoms with Crippen molar-refractivity contribution in [3.63, 3.8) is 0 Å². The largest absolute Gasteiger partial charge is 0.268 e. The molecule has 1 aliphatic rings. The highest BCUT2D eigenvalue weighted by molar-refractivity contribution is 7.99. The van der Waals surface area contributed by atoms with Crippen molar-refractivity contribution in [3.8, 4) is 5.69 Å². The van der Waals surface area contributed by atoms with Crippen LogP contribution in [0.1, 0.15) is 29.3 Å². The van der Waals surface area contributed by atoms with Crippen molar-refractivity contribution in [2.45, 2.75) is 38.3 Å². The summed E-state index contributed by atoms with van der Waals surface area (Å²) in [5, 5.41) is 1.65. The molecule has 0 spiro atoms. The van der Waals surface area contributed by atoms with E-state index in [2.05, 4.69) is 13.8 Å². The van der Waals surface area contributed by atoms with E-state index in [1.165, 1.54) is 16.0 Å². The Morgan fingerprint density at radius 1 is 1.26 bits per heavy atom. The molecule has 2 aromatic heterocycles. The van der Waals surface area contributed by atoms with Crippen LogP contribution in [-0.2, 0) is 12.8 Å². The zero-order valence-electron chi connectivity index (χ0n) is 13.3. The fourth-order valence-corrected chi connectivity index (χ4v) is 5.21. The molecule has 0 fully saturated rings. The van der Waals surface area contributed by atoms with Crippen LogP contribution in [0.2, 0.25) is 0 Å². The number of hydrogen-bond donors (Lipinski definition) is 0. The van der Waals surface area contributed by atoms with Gasteiger partial charge in [0.1, 0.15) is 4.83 Å². The molecular formula is C18H18N2OS2. The van der Waals surface area contributed by atoms with E-state index in [0.717, 1.165) is 46.1 Å². The smallest absolute Gasteiger partial charge is 0.267 e. The molecule has 0 atom stereocenters. The summed E-state index contributed by atoms with van der Waals surface area (Å²) in [6.07, 6.45) is 3.27. The van der Waals surface area contributed by atoms with Gasteiger partial charge in [-0.3, -0.25) is 9.36 Å². The maximum absolute atomic E-state index is 13.2. The molecule has 3 nitrogen and oxygen atoms in total. The highest BCUT2D eigenvalue weighted by Crippen LogP contribution is 2.36. The zero-order valence-corrected chi connectivity index (χ0v) is 14.9. The second-order valence-electron chi connectivity index (χ2n) is 5.84. The molecule has 0 amide bonds. The van der Waals surface area contributed by atoms with Gasteiger partial charge in [0.25, 0.3) is 5.56 Å². The van der Waals surface area contributed by atoms with Gasteiger partial charge in [0.2, 0.25) is 0 Å². The zero-order chi connectivity index (χ0) is 16.0. The molecule has 2 heterocycles. The quantitative estimate of drug-likeness (QED) is 0.524. The van der Waals surface area contributed by atoms with E-state index in [-0.39, 0.29) is 5.56 Å². The minimum absolute atomic E-state index is 0.0919. The average Bonchev–Trinajstić information content (AvgIpc) is 3.09. The van der Waals surface area contributed by atoms with Crippen LogP contribution in [0.25, 0.3) is 15.9 Å². The van der Waals surface area contributed by atoms with Gasteiger partial charge < -0.3 is 0 Å². The first kappa shape index (κ1) is 15.0. The van der Waals surface area contributed by atoms with Crippen LogP contribution in [0.15, 0.2) is 34.2 Å². The van der Waals surface area contributed by atoms with Gasteiger partial charge in [-0.05, 0) is 49.6 Å². The molecule has 0 aliphatic heterocycles. The number of thiophene rings is 1. The summed E-state index contributed by atoms with van der Waals surface area (Å²) in [5.41, 5.74) is 3.44. The van der Waals surface area contributed by atoms with Crippen LogP contribution in [0, 0.1) is 6.92 Å². The third-order valence-corrected chi connectivity index (χ3v) is 6.28. The average molecular weight is 342 g/mol. The van der Waals surface area contributed by atoms with Crippen molar-refractivity contribution in [1.82, 2.24) is 9.55 Å². The second-order valence-corrected chi connectivity index (χ2v) is 8.16. The van der Waals surface area contributed by atoms with Crippen molar-refractivity contribution in [1.29, 1.82) is 0 Å². The Hall–Kier alpha value is -1.59. The number of thioether (sulfide) groups is 1. The molecule has 1 aliphatic carbocycles. The van der Waals surface area contributed by atoms with Crippen molar-refractivity contribution in [2.24, 2.45) is 0 Å². The molecule has 0 bridgehead atoms. The monoisotopic (exact) mass is 342 g/mol. The third-order valence-electron chi connectivity index (χ3n) is 4.27. The molecule has 0 saturated heterocycles. The van der Waals surface area contributed by atoms with E-state index in [0.29, 0.717) is 0 Å². The molecular weight excluding hydrogens is 324 g/mol. The number of benzene rings is 1. The van der Waals surface area contributed by atoms with Crippen LogP contribution < -0.4 is 5.56 Å². The van der Waals surface area contributed by atoms with Crippen LogP contribution >= 0.6 is 23.1 Å². The highest BCUT2D eigenvalue weighted by Gasteiger charge is 2.23. The first-order valence-electron chi connectivity index (χ1n) is 7.96. The fourth-order valence-electron chi connectivity index (χ4n) is 3.17. The van der Waals surface area contributed by atoms with E-state index >= 15 is 0 Å². The topological polar surface area (TPSA) is 34.9 Å². The van der Waals surface area contributed by atoms with Gasteiger partial charge in [-0.15, -0.1) is 11.3 Å². The van der Waals surface area contributed by atoms with Crippen molar-refractivity contribution < 1.29 is 0 Å². The lowest BCUT2D eigenvalue weighted by Crippen LogP contribution is -2.21. The Morgan fingerprint density at radius 3 is 2.78 bits per heavy atom. The summed E-state index contributed by atoms with van der Waals surface area (Å²) < 4.78 is 1.79. The molecule has 0 saturated carbocycles. The van der Waals surface area contributed by atoms with Crippen LogP contribution in [0.3, 0.4) is 0 Å². The summed E-state index contributed by atoms with van der Waals surface area (Å²) in [5.74, 6) is 0.898. The highest BCUT2D eigenvalue weighted by atomic mass is 32.2. The maximum atomic E-state index is 13.2. The van der Waals surface area contributed by atoms with Crippen LogP contribution in [0.4, 0.5) is 0 Å². The van der Waals surface area contributed by atoms with Gasteiger partial charge >= 0.3 is 0 Å². The predicted octanol–water partition coefficient (Wildman–Crippen LogP) is 4.36. The van der Waals surface area contributed by atoms with Crippen LogP contribution in [-0.4, -0.2) is 15.3 Å². The summed E-state index contributed by atoms with van der Waals surface area (Å²) in [6.45, 7) is 4.15. The third kappa shape index (κ3) is 2.42. The molecule has 3 aromatic rings. The van der Waals surface area contributed by atoms with Gasteiger partial charge in [0, 0.05) is 4.88 Å². The van der Waals surface area contributed by atoms with Gasteiger partial charge in [0.15, 0.2) is 5.16 Å². The van der Waals surface area contributed by atoms with Gasteiger partial charge in [-0.25, -0.2) is 4.98 Å². The molecule has 118 valence electrons. The number of aromatic nitrogens is 2. The lowest BCUT2D eigenvalue weighted by atomic mass is 10.2. The van der Waals surface area contributed by atoms with Gasteiger partial charge in [-0.1, -0.05) is 36.4 Å². The number of fused-ring (bicyclic) bond motifs is 3. The molecule has 4 rings (SSSR count). The standard InChI is InChI=1S/C18H18N2OS2/c1-3-22-18-19-16-15(13-5-4-6-14(13)23-16)17(21)20(18)12-9-7-11(2)8-10-12/h7-10H,3-6H2,1-2H3. The van der Waals surface area contributed by atoms with Crippen molar-refractivity contribution in [3.05, 3.63) is 50.6 Å². The molecule has 1 aromatic carbocycles. The van der Waals surface area contributed by atoms with E-state index in [4.69, 9.17) is 4.98 Å². The SMILES string of the molecule is CCSc1nc2sc3c(c2c(=O)n1-c1ccc(C)cc1)CCC3. The summed E-state index contributed by atoms with van der Waals surface area (Å²) in [6, 6.07) is 8.11. The van der Waals surface area contributed by atoms with Crippen molar-refractivity contribution >= 4 is 33.3 Å². The molecule has 0 radical (unpaired) electrons. The Kier molecular flexibility index (Phi) is 3.77. The minimum Gasteiger partial charge on any atom is -0.268 e. The summed E-state index contributed by atoms with van der Waals surface area (Å²) in [7, 11) is 0. The minimum atomic E-state index is 0.0919. The predicted molar refractivity (Wildman–Crippen MR) is 98.4 cm³/mol. The van der Waals surface area contributed by atoms with E-state index < -0.39 is 0 Å². The number of hydrogen-bond acceptors (Lipinski definition) is 4. The lowest BCUT2D eigenvalue weighted by Gasteiger charge is -2.12. The van der Waals surface area contributed by atoms with Gasteiger partial charge in [-0.2, -0.15) is 0 Å². The van der Waals surface area contributed by atoms with E-state index in [1.54, 1.807) is 27.7 Å². The Labute approximate surface area is 143 Å². The fraction of sp³-hybridized carbons (Fsp3) is 0.333. The van der Waals surface area contributed by atoms with Crippen molar-refractivity contribution in [2.75, 3.05) is 5.75 Å². The Balaban J connectivity index is 2.04. The van der Waals surface area contributed by atoms with Gasteiger partial charge in [0.05, 0.1) is 11.1 Å². The number of nitrogens with zero attached hydrogens (tertiary/aromatic N) is 2. The number of rotatable bonds is 3.